The van der Waals surface area contributed by atoms with E-state index in [0.717, 1.165) is 29.7 Å². The van der Waals surface area contributed by atoms with Gasteiger partial charge >= 0.3 is 0 Å². The molecule has 0 saturated carbocycles. The molecule has 24 heavy (non-hydrogen) atoms. The maximum absolute atomic E-state index is 12.1. The van der Waals surface area contributed by atoms with Crippen molar-refractivity contribution in [2.24, 2.45) is 7.05 Å². The molecule has 1 unspecified atom stereocenters. The lowest BCUT2D eigenvalue weighted by molar-refractivity contribution is -0.121. The minimum Gasteiger partial charge on any atom is -0.356 e. The van der Waals surface area contributed by atoms with Crippen LogP contribution in [0, 0.1) is 0 Å². The van der Waals surface area contributed by atoms with Crippen molar-refractivity contribution in [3.8, 4) is 0 Å². The highest BCUT2D eigenvalue weighted by atomic mass is 16.1. The number of fused-ring (bicyclic) bond motifs is 1. The molecule has 2 heterocycles. The first-order chi connectivity index (χ1) is 11.6. The predicted octanol–water partition coefficient (Wildman–Crippen LogP) is 2.50. The first-order valence-electron chi connectivity index (χ1n) is 9.06. The maximum atomic E-state index is 12.1. The van der Waals surface area contributed by atoms with Crippen LogP contribution in [0.4, 0.5) is 0 Å². The molecule has 130 valence electrons. The first-order valence-corrected chi connectivity index (χ1v) is 9.06. The molecule has 3 rings (SSSR count). The topological polar surface area (TPSA) is 50.2 Å². The number of carbonyl (C=O) groups is 1. The summed E-state index contributed by atoms with van der Waals surface area (Å²) in [6.45, 7) is 5.26. The number of hydrogen-bond donors (Lipinski definition) is 1. The summed E-state index contributed by atoms with van der Waals surface area (Å²) in [5.41, 5.74) is 2.15. The van der Waals surface area contributed by atoms with Crippen molar-refractivity contribution in [3.63, 3.8) is 0 Å². The fourth-order valence-corrected chi connectivity index (χ4v) is 3.53. The number of benzene rings is 1. The van der Waals surface area contributed by atoms with Crippen molar-refractivity contribution in [2.75, 3.05) is 19.6 Å². The average molecular weight is 328 g/mol. The van der Waals surface area contributed by atoms with Crippen LogP contribution in [-0.2, 0) is 18.3 Å². The second-order valence-corrected chi connectivity index (χ2v) is 6.81. The number of rotatable bonds is 7. The summed E-state index contributed by atoms with van der Waals surface area (Å²) in [6, 6.07) is 8.64. The molecule has 0 radical (unpaired) electrons. The number of nitrogens with one attached hydrogen (secondary N) is 1. The molecule has 1 aromatic carbocycles. The third-order valence-electron chi connectivity index (χ3n) is 5.10. The zero-order chi connectivity index (χ0) is 16.9. The van der Waals surface area contributed by atoms with E-state index in [2.05, 4.69) is 32.8 Å². The van der Waals surface area contributed by atoms with E-state index in [4.69, 9.17) is 0 Å². The molecular formula is C19H28N4O. The Morgan fingerprint density at radius 1 is 1.29 bits per heavy atom. The van der Waals surface area contributed by atoms with Gasteiger partial charge in [0.1, 0.15) is 5.82 Å². The van der Waals surface area contributed by atoms with E-state index in [-0.39, 0.29) is 5.91 Å². The minimum absolute atomic E-state index is 0.153. The normalized spacial score (nSPS) is 16.6. The highest BCUT2D eigenvalue weighted by Gasteiger charge is 2.18. The Bertz CT molecular complexity index is 688. The van der Waals surface area contributed by atoms with Gasteiger partial charge in [-0.2, -0.15) is 0 Å². The lowest BCUT2D eigenvalue weighted by atomic mass is 10.1. The number of imidazole rings is 1. The van der Waals surface area contributed by atoms with Crippen molar-refractivity contribution in [2.45, 2.75) is 45.1 Å². The number of nitrogens with zero attached hydrogens (tertiary/aromatic N) is 3. The molecule has 1 aromatic heterocycles. The SMILES string of the molecule is CC(CCC(=O)NCCc1nc2ccccc2n1C)N1CCCC1. The standard InChI is InChI=1S/C19H28N4O/c1-15(23-13-5-6-14-23)9-10-19(24)20-12-11-18-21-16-7-3-4-8-17(16)22(18)2/h3-4,7-8,15H,5-6,9-14H2,1-2H3,(H,20,24). The summed E-state index contributed by atoms with van der Waals surface area (Å²) in [5, 5.41) is 3.04. The van der Waals surface area contributed by atoms with Crippen LogP contribution in [0.5, 0.6) is 0 Å². The Morgan fingerprint density at radius 2 is 2.04 bits per heavy atom. The van der Waals surface area contributed by atoms with Crippen molar-refractivity contribution >= 4 is 16.9 Å². The number of carbonyl (C=O) groups excluding carboxylic acids is 1. The summed E-state index contributed by atoms with van der Waals surface area (Å²) >= 11 is 0. The Kier molecular flexibility index (Phi) is 5.51. The number of amides is 1. The highest BCUT2D eigenvalue weighted by molar-refractivity contribution is 5.76. The number of aromatic nitrogens is 2. The third-order valence-corrected chi connectivity index (χ3v) is 5.10. The summed E-state index contributed by atoms with van der Waals surface area (Å²) in [5.74, 6) is 1.17. The molecule has 2 aromatic rings. The van der Waals surface area contributed by atoms with Crippen molar-refractivity contribution in [1.82, 2.24) is 19.8 Å². The van der Waals surface area contributed by atoms with E-state index in [9.17, 15) is 4.79 Å². The molecule has 1 fully saturated rings. The molecule has 0 spiro atoms. The van der Waals surface area contributed by atoms with Crippen LogP contribution in [0.2, 0.25) is 0 Å². The molecule has 5 nitrogen and oxygen atoms in total. The van der Waals surface area contributed by atoms with Gasteiger partial charge in [0, 0.05) is 32.5 Å². The molecule has 5 heteroatoms. The van der Waals surface area contributed by atoms with Gasteiger partial charge in [-0.25, -0.2) is 4.98 Å². The largest absolute Gasteiger partial charge is 0.356 e. The van der Waals surface area contributed by atoms with Gasteiger partial charge < -0.3 is 14.8 Å². The number of likely N-dealkylation sites (tertiary alicyclic amines) is 1. The zero-order valence-corrected chi connectivity index (χ0v) is 14.8. The van der Waals surface area contributed by atoms with Crippen LogP contribution in [0.15, 0.2) is 24.3 Å². The maximum Gasteiger partial charge on any atom is 0.220 e. The molecule has 1 saturated heterocycles. The van der Waals surface area contributed by atoms with Crippen LogP contribution in [0.1, 0.15) is 38.4 Å². The lowest BCUT2D eigenvalue weighted by Crippen LogP contribution is -2.32. The van der Waals surface area contributed by atoms with E-state index >= 15 is 0 Å². The number of hydrogen-bond acceptors (Lipinski definition) is 3. The Balaban J connectivity index is 1.42. The van der Waals surface area contributed by atoms with Gasteiger partial charge in [0.05, 0.1) is 11.0 Å². The van der Waals surface area contributed by atoms with Crippen molar-refractivity contribution in [1.29, 1.82) is 0 Å². The lowest BCUT2D eigenvalue weighted by Gasteiger charge is -2.23. The van der Waals surface area contributed by atoms with E-state index in [0.29, 0.717) is 19.0 Å². The summed E-state index contributed by atoms with van der Waals surface area (Å²) in [7, 11) is 2.03. The molecular weight excluding hydrogens is 300 g/mol. The van der Waals surface area contributed by atoms with Crippen LogP contribution >= 0.6 is 0 Å². The minimum atomic E-state index is 0.153. The second kappa shape index (κ2) is 7.79. The van der Waals surface area contributed by atoms with Gasteiger partial charge in [0.25, 0.3) is 0 Å². The number of para-hydroxylation sites is 2. The van der Waals surface area contributed by atoms with E-state index < -0.39 is 0 Å². The molecule has 0 bridgehead atoms. The Morgan fingerprint density at radius 3 is 2.79 bits per heavy atom. The summed E-state index contributed by atoms with van der Waals surface area (Å²) in [6.07, 6.45) is 4.92. The Labute approximate surface area is 144 Å². The van der Waals surface area contributed by atoms with Crippen LogP contribution < -0.4 is 5.32 Å². The Hall–Kier alpha value is -1.88. The van der Waals surface area contributed by atoms with Crippen molar-refractivity contribution < 1.29 is 4.79 Å². The third kappa shape index (κ3) is 3.96. The van der Waals surface area contributed by atoms with E-state index in [1.54, 1.807) is 0 Å². The highest BCUT2D eigenvalue weighted by Crippen LogP contribution is 2.15. The molecule has 1 atom stereocenters. The van der Waals surface area contributed by atoms with Crippen LogP contribution in [0.25, 0.3) is 11.0 Å². The first kappa shape index (κ1) is 17.0. The fourth-order valence-electron chi connectivity index (χ4n) is 3.53. The van der Waals surface area contributed by atoms with Crippen LogP contribution in [0.3, 0.4) is 0 Å². The monoisotopic (exact) mass is 328 g/mol. The molecule has 1 aliphatic rings. The fraction of sp³-hybridized carbons (Fsp3) is 0.579. The van der Waals surface area contributed by atoms with Gasteiger partial charge in [-0.1, -0.05) is 12.1 Å². The van der Waals surface area contributed by atoms with Crippen molar-refractivity contribution in [3.05, 3.63) is 30.1 Å². The summed E-state index contributed by atoms with van der Waals surface area (Å²) in [4.78, 5) is 19.2. The van der Waals surface area contributed by atoms with E-state index in [1.807, 2.05) is 25.2 Å². The average Bonchev–Trinajstić information content (AvgIpc) is 3.22. The zero-order valence-electron chi connectivity index (χ0n) is 14.8. The number of aryl methyl sites for hydroxylation is 1. The predicted molar refractivity (Wildman–Crippen MR) is 96.9 cm³/mol. The van der Waals surface area contributed by atoms with Gasteiger partial charge in [-0.05, 0) is 51.4 Å². The smallest absolute Gasteiger partial charge is 0.220 e. The molecule has 1 amide bonds. The summed E-state index contributed by atoms with van der Waals surface area (Å²) < 4.78 is 2.11. The van der Waals surface area contributed by atoms with E-state index in [1.165, 1.54) is 25.9 Å². The van der Waals surface area contributed by atoms with Gasteiger partial charge in [-0.3, -0.25) is 4.79 Å². The van der Waals surface area contributed by atoms with Gasteiger partial charge in [0.15, 0.2) is 0 Å². The quantitative estimate of drug-likeness (QED) is 0.849. The van der Waals surface area contributed by atoms with Gasteiger partial charge in [-0.15, -0.1) is 0 Å². The molecule has 0 aliphatic carbocycles. The van der Waals surface area contributed by atoms with Crippen LogP contribution in [-0.4, -0.2) is 46.0 Å². The molecule has 1 aliphatic heterocycles. The second-order valence-electron chi connectivity index (χ2n) is 6.81. The molecule has 1 N–H and O–H groups in total. The van der Waals surface area contributed by atoms with Gasteiger partial charge in [0.2, 0.25) is 5.91 Å².